The first kappa shape index (κ1) is 35.4. The van der Waals surface area contributed by atoms with Crippen molar-refractivity contribution in [2.75, 3.05) is 39.6 Å². The monoisotopic (exact) mass is 682 g/mol. The summed E-state index contributed by atoms with van der Waals surface area (Å²) >= 11 is 0. The van der Waals surface area contributed by atoms with Crippen LogP contribution in [0.25, 0.3) is 0 Å². The number of aliphatic hydroxyl groups is 12. The predicted molar refractivity (Wildman–Crippen MR) is 138 cm³/mol. The van der Waals surface area contributed by atoms with E-state index in [1.54, 1.807) is 0 Å². The third-order valence-electron chi connectivity index (χ3n) is 10.9. The molecule has 18 atom stereocenters. The molecule has 0 radical (unpaired) electrons. The van der Waals surface area contributed by atoms with E-state index in [0.717, 1.165) is 0 Å². The second kappa shape index (κ2) is 11.3. The summed E-state index contributed by atoms with van der Waals surface area (Å²) in [6.07, 6.45) is -12.4. The van der Waals surface area contributed by atoms with E-state index < -0.39 is 148 Å². The molecule has 8 rings (SSSR count). The van der Waals surface area contributed by atoms with E-state index in [2.05, 4.69) is 0 Å². The maximum atomic E-state index is 10.2. The first-order valence-corrected chi connectivity index (χ1v) is 14.3. The summed E-state index contributed by atoms with van der Waals surface area (Å²) < 4.78 is 44.1. The average Bonchev–Trinajstić information content (AvgIpc) is 3.33. The van der Waals surface area contributed by atoms with Crippen LogP contribution in [0.5, 0.6) is 0 Å². The molecule has 8 saturated heterocycles. The van der Waals surface area contributed by atoms with Crippen LogP contribution in [0.1, 0.15) is 0 Å². The Morgan fingerprint density at radius 3 is 1.09 bits per heavy atom. The summed E-state index contributed by atoms with van der Waals surface area (Å²) in [5, 5.41) is 116. The Morgan fingerprint density at radius 2 is 0.844 bits per heavy atom. The van der Waals surface area contributed by atoms with Crippen LogP contribution in [0.2, 0.25) is 11.6 Å². The van der Waals surface area contributed by atoms with Gasteiger partial charge in [-0.15, -0.1) is 0 Å². The number of ether oxygens (including phenoxy) is 4. The van der Waals surface area contributed by atoms with Crippen molar-refractivity contribution in [1.82, 2.24) is 0 Å². The van der Waals surface area contributed by atoms with Gasteiger partial charge in [0, 0.05) is 24.2 Å². The van der Waals surface area contributed by atoms with Crippen LogP contribution in [0, 0.1) is 0 Å². The summed E-state index contributed by atoms with van der Waals surface area (Å²) in [6.45, 7) is -8.10. The number of hydrogen-bond donors (Lipinski definition) is 12. The fourth-order valence-electron chi connectivity index (χ4n) is 8.79. The van der Waals surface area contributed by atoms with Gasteiger partial charge in [0.15, 0.2) is 24.2 Å². The Hall–Kier alpha value is 0.590. The second-order valence-electron chi connectivity index (χ2n) is 12.8. The van der Waals surface area contributed by atoms with Crippen LogP contribution in [0.3, 0.4) is 0 Å². The molecular weight excluding hydrogens is 646 g/mol. The minimum atomic E-state index is -2.40. The third-order valence-corrected chi connectivity index (χ3v) is 10.9. The summed E-state index contributed by atoms with van der Waals surface area (Å²) in [6, 6.07) is 0. The van der Waals surface area contributed by atoms with Gasteiger partial charge in [0.05, 0.1) is 50.8 Å². The Bertz CT molecular complexity index is 1080. The second-order valence-corrected chi connectivity index (χ2v) is 12.8. The van der Waals surface area contributed by atoms with E-state index in [1.807, 2.05) is 0 Å². The molecule has 0 aromatic rings. The number of fused-ring (bicyclic) bond motifs is 8. The molecule has 0 bridgehead atoms. The molecule has 4 unspecified atom stereocenters. The van der Waals surface area contributed by atoms with Crippen molar-refractivity contribution in [3.05, 3.63) is 0 Å². The van der Waals surface area contributed by atoms with E-state index in [-0.39, 0.29) is 37.7 Å². The molecule has 0 saturated carbocycles. The largest absolute Gasteiger partial charge is 2.00 e. The molecule has 8 fully saturated rings. The van der Waals surface area contributed by atoms with Crippen LogP contribution < -0.4 is 0 Å². The fourth-order valence-corrected chi connectivity index (χ4v) is 8.79. The summed E-state index contributed by atoms with van der Waals surface area (Å²) in [5.41, 5.74) is -2.71. The van der Waals surface area contributed by atoms with Gasteiger partial charge in [-0.3, -0.25) is 0 Å². The van der Waals surface area contributed by atoms with E-state index in [4.69, 9.17) is 37.6 Å². The van der Waals surface area contributed by atoms with Crippen molar-refractivity contribution < 1.29 is 98.8 Å². The van der Waals surface area contributed by atoms with E-state index in [1.165, 1.54) is 0 Å². The Kier molecular flexibility index (Phi) is 8.89. The van der Waals surface area contributed by atoms with Crippen molar-refractivity contribution in [2.24, 2.45) is 0 Å². The zero-order valence-corrected chi connectivity index (χ0v) is 25.9. The minimum Gasteiger partial charge on any atom is -0.558 e. The molecular formula is C22H36B2CaO20. The summed E-state index contributed by atoms with van der Waals surface area (Å²) in [5.74, 6) is -5.06. The van der Waals surface area contributed by atoms with Crippen molar-refractivity contribution in [2.45, 2.75) is 95.6 Å². The Balaban J connectivity index is 0.000000155. The number of hydrogen-bond acceptors (Lipinski definition) is 20. The van der Waals surface area contributed by atoms with Gasteiger partial charge in [-0.1, -0.05) is 11.6 Å². The van der Waals surface area contributed by atoms with Crippen LogP contribution in [-0.4, -0.2) is 236 Å². The van der Waals surface area contributed by atoms with Crippen molar-refractivity contribution in [3.8, 4) is 0 Å². The molecule has 0 amide bonds. The number of aliphatic hydroxyl groups excluding tert-OH is 12. The molecule has 0 aromatic heterocycles. The van der Waals surface area contributed by atoms with Gasteiger partial charge in [-0.25, -0.2) is 0 Å². The molecule has 2 spiro atoms. The van der Waals surface area contributed by atoms with Crippen molar-refractivity contribution >= 4 is 50.8 Å². The molecule has 0 aromatic carbocycles. The predicted octanol–water partition coefficient (Wildman–Crippen LogP) is -9.08. The van der Waals surface area contributed by atoms with Gasteiger partial charge in [0.25, 0.3) is 13.1 Å². The fraction of sp³-hybridized carbons (Fsp3) is 1.00. The maximum absolute atomic E-state index is 10.2. The molecule has 12 N–H and O–H groups in total. The van der Waals surface area contributed by atoms with E-state index >= 15 is 0 Å². The molecule has 45 heavy (non-hydrogen) atoms. The number of rotatable bonds is 6. The van der Waals surface area contributed by atoms with Gasteiger partial charge >= 0.3 is 37.7 Å². The van der Waals surface area contributed by atoms with E-state index in [0.29, 0.717) is 0 Å². The summed E-state index contributed by atoms with van der Waals surface area (Å²) in [4.78, 5) is 0. The SMILES string of the molecule is OC[C@H]1O[C@]2(CO)C([C@@H]1O)[B-]21O[C@H]2[C@H](O)[C@@H](O)O[C@@]2(CO)O1.OC[C@H]1O[C@]2(CO)C([C@@H]1O)[B-]21O[C@H]2[C@H](O)[C@@H](O)O[C@@]2(CO)O1.[Ca+2]. The minimum absolute atomic E-state index is 0. The topological polar surface area (TPSA) is 317 Å². The quantitative estimate of drug-likeness (QED) is 0.116. The molecule has 8 aliphatic rings. The average molecular weight is 682 g/mol. The van der Waals surface area contributed by atoms with E-state index in [9.17, 15) is 61.3 Å². The Morgan fingerprint density at radius 1 is 0.489 bits per heavy atom. The molecule has 20 nitrogen and oxygen atoms in total. The molecule has 8 aliphatic heterocycles. The summed E-state index contributed by atoms with van der Waals surface area (Å²) in [7, 11) is 0. The molecule has 0 aliphatic carbocycles. The zero-order chi connectivity index (χ0) is 31.8. The first-order chi connectivity index (χ1) is 20.8. The van der Waals surface area contributed by atoms with Crippen molar-refractivity contribution in [3.63, 3.8) is 0 Å². The molecule has 252 valence electrons. The smallest absolute Gasteiger partial charge is 0.558 e. The van der Waals surface area contributed by atoms with Crippen LogP contribution >= 0.6 is 0 Å². The van der Waals surface area contributed by atoms with Crippen LogP contribution in [0.15, 0.2) is 0 Å². The normalized spacial score (nSPS) is 61.1. The Labute approximate surface area is 283 Å². The van der Waals surface area contributed by atoms with Gasteiger partial charge < -0.3 is 98.8 Å². The van der Waals surface area contributed by atoms with Gasteiger partial charge in [0.1, 0.15) is 24.4 Å². The molecule has 8 heterocycles. The maximum Gasteiger partial charge on any atom is 2.00 e. The van der Waals surface area contributed by atoms with Crippen LogP contribution in [-0.2, 0) is 37.6 Å². The van der Waals surface area contributed by atoms with Gasteiger partial charge in [-0.2, -0.15) is 0 Å². The first-order valence-electron chi connectivity index (χ1n) is 14.3. The standard InChI is InChI=1S/2C11H18BO10.Ca/c2*13-1-4-5(16)7-10(2-14,19-4)12(7)21-8-6(17)9(18)20-11(8,3-15)22-12;/h2*4-9,13-18H,1-3H2;/q2*-1;+2/t2*4-,5-,6+,7?,8+,9+,10-,11+,12?;/m11./s1. The van der Waals surface area contributed by atoms with Gasteiger partial charge in [-0.05, 0) is 0 Å². The molecule has 23 heteroatoms. The third kappa shape index (κ3) is 4.09. The van der Waals surface area contributed by atoms with Crippen molar-refractivity contribution in [1.29, 1.82) is 0 Å². The van der Waals surface area contributed by atoms with Gasteiger partial charge in [0.2, 0.25) is 0 Å². The zero-order valence-electron chi connectivity index (χ0n) is 23.7. The van der Waals surface area contributed by atoms with Crippen LogP contribution in [0.4, 0.5) is 0 Å².